The lowest BCUT2D eigenvalue weighted by molar-refractivity contribution is -0.124. The van der Waals surface area contributed by atoms with Gasteiger partial charge in [0.15, 0.2) is 0 Å². The van der Waals surface area contributed by atoms with Gasteiger partial charge in [-0.1, -0.05) is 12.1 Å². The quantitative estimate of drug-likeness (QED) is 0.834. The molecule has 5 heteroatoms. The topological polar surface area (TPSA) is 53.6 Å². The van der Waals surface area contributed by atoms with Gasteiger partial charge in [0.05, 0.1) is 13.2 Å². The van der Waals surface area contributed by atoms with E-state index in [-0.39, 0.29) is 11.9 Å². The van der Waals surface area contributed by atoms with Gasteiger partial charge in [0.25, 0.3) is 0 Å². The highest BCUT2D eigenvalue weighted by atomic mass is 16.5. The van der Waals surface area contributed by atoms with Crippen molar-refractivity contribution in [1.82, 2.24) is 10.6 Å². The molecular formula is C15H23N3O2. The summed E-state index contributed by atoms with van der Waals surface area (Å²) in [5.74, 6) is 0.0338. The largest absolute Gasteiger partial charge is 0.377 e. The summed E-state index contributed by atoms with van der Waals surface area (Å²) in [7, 11) is 1.93. The minimum Gasteiger partial charge on any atom is -0.377 e. The Hall–Kier alpha value is -1.59. The first kappa shape index (κ1) is 14.8. The molecule has 5 nitrogen and oxygen atoms in total. The summed E-state index contributed by atoms with van der Waals surface area (Å²) in [5, 5.41) is 6.01. The lowest BCUT2D eigenvalue weighted by Crippen LogP contribution is -2.54. The third-order valence-corrected chi connectivity index (χ3v) is 3.43. The van der Waals surface area contributed by atoms with Crippen molar-refractivity contribution in [2.75, 3.05) is 38.3 Å². The van der Waals surface area contributed by atoms with Crippen LogP contribution in [0.15, 0.2) is 24.3 Å². The molecule has 2 N–H and O–H groups in total. The van der Waals surface area contributed by atoms with E-state index in [0.717, 1.165) is 18.8 Å². The molecule has 1 atom stereocenters. The van der Waals surface area contributed by atoms with Crippen LogP contribution in [-0.2, 0) is 16.1 Å². The van der Waals surface area contributed by atoms with Gasteiger partial charge in [0.1, 0.15) is 6.04 Å². The molecule has 0 bridgehead atoms. The van der Waals surface area contributed by atoms with Gasteiger partial charge in [-0.3, -0.25) is 4.79 Å². The first-order chi connectivity index (χ1) is 9.76. The smallest absolute Gasteiger partial charge is 0.245 e. The van der Waals surface area contributed by atoms with Gasteiger partial charge in [0.2, 0.25) is 5.91 Å². The fourth-order valence-electron chi connectivity index (χ4n) is 2.43. The van der Waals surface area contributed by atoms with Crippen LogP contribution in [0.1, 0.15) is 12.5 Å². The number of nitrogens with one attached hydrogen (secondary N) is 2. The highest BCUT2D eigenvalue weighted by Gasteiger charge is 2.29. The molecule has 0 saturated carbocycles. The Kier molecular flexibility index (Phi) is 5.38. The molecule has 1 aromatic carbocycles. The maximum atomic E-state index is 12.1. The average Bonchev–Trinajstić information content (AvgIpc) is 2.49. The molecule has 2 rings (SSSR count). The standard InChI is InChI=1S/C15H23N3O2/c1-3-17-15(19)14-11-20-9-8-18(14)13-6-4-12(5-7-13)10-16-2/h4-7,14,16H,3,8-11H2,1-2H3,(H,17,19). The summed E-state index contributed by atoms with van der Waals surface area (Å²) < 4.78 is 5.45. The minimum atomic E-state index is -0.237. The Labute approximate surface area is 120 Å². The first-order valence-electron chi connectivity index (χ1n) is 7.12. The van der Waals surface area contributed by atoms with Gasteiger partial charge < -0.3 is 20.3 Å². The Bertz CT molecular complexity index is 433. The molecule has 1 unspecified atom stereocenters. The van der Waals surface area contributed by atoms with Gasteiger partial charge in [-0.25, -0.2) is 0 Å². The van der Waals surface area contributed by atoms with Gasteiger partial charge in [-0.05, 0) is 31.7 Å². The number of carbonyl (C=O) groups excluding carboxylic acids is 1. The van der Waals surface area contributed by atoms with Crippen LogP contribution in [0.3, 0.4) is 0 Å². The Morgan fingerprint density at radius 1 is 1.40 bits per heavy atom. The van der Waals surface area contributed by atoms with E-state index in [1.165, 1.54) is 5.56 Å². The molecule has 0 aliphatic carbocycles. The van der Waals surface area contributed by atoms with E-state index >= 15 is 0 Å². The van der Waals surface area contributed by atoms with E-state index in [1.54, 1.807) is 0 Å². The zero-order valence-electron chi connectivity index (χ0n) is 12.2. The summed E-state index contributed by atoms with van der Waals surface area (Å²) in [6.07, 6.45) is 0. The van der Waals surface area contributed by atoms with Crippen molar-refractivity contribution in [1.29, 1.82) is 0 Å². The Morgan fingerprint density at radius 3 is 2.80 bits per heavy atom. The molecule has 1 heterocycles. The molecule has 1 saturated heterocycles. The zero-order valence-corrected chi connectivity index (χ0v) is 12.2. The Morgan fingerprint density at radius 2 is 2.15 bits per heavy atom. The van der Waals surface area contributed by atoms with Crippen LogP contribution < -0.4 is 15.5 Å². The number of amides is 1. The van der Waals surface area contributed by atoms with Crippen molar-refractivity contribution in [3.05, 3.63) is 29.8 Å². The van der Waals surface area contributed by atoms with Gasteiger partial charge in [-0.2, -0.15) is 0 Å². The summed E-state index contributed by atoms with van der Waals surface area (Å²) in [5.41, 5.74) is 2.31. The number of likely N-dealkylation sites (N-methyl/N-ethyl adjacent to an activating group) is 1. The molecule has 1 aliphatic heterocycles. The van der Waals surface area contributed by atoms with Gasteiger partial charge in [-0.15, -0.1) is 0 Å². The minimum absolute atomic E-state index is 0.0338. The molecule has 1 aliphatic rings. The molecule has 1 fully saturated rings. The molecular weight excluding hydrogens is 254 g/mol. The summed E-state index contributed by atoms with van der Waals surface area (Å²) in [4.78, 5) is 14.2. The lowest BCUT2D eigenvalue weighted by Gasteiger charge is -2.36. The normalized spacial score (nSPS) is 18.9. The number of benzene rings is 1. The predicted octanol–water partition coefficient (Wildman–Crippen LogP) is 0.747. The number of anilines is 1. The number of hydrogen-bond acceptors (Lipinski definition) is 4. The second-order valence-electron chi connectivity index (χ2n) is 4.88. The maximum absolute atomic E-state index is 12.1. The second-order valence-corrected chi connectivity index (χ2v) is 4.88. The molecule has 0 radical (unpaired) electrons. The SMILES string of the molecule is CCNC(=O)C1COCCN1c1ccc(CNC)cc1. The van der Waals surface area contributed by atoms with Crippen LogP contribution >= 0.6 is 0 Å². The van der Waals surface area contributed by atoms with Gasteiger partial charge in [0, 0.05) is 25.3 Å². The average molecular weight is 277 g/mol. The van der Waals surface area contributed by atoms with E-state index in [4.69, 9.17) is 4.74 Å². The van der Waals surface area contributed by atoms with Crippen molar-refractivity contribution < 1.29 is 9.53 Å². The van der Waals surface area contributed by atoms with Crippen molar-refractivity contribution in [2.24, 2.45) is 0 Å². The fraction of sp³-hybridized carbons (Fsp3) is 0.533. The van der Waals surface area contributed by atoms with Crippen molar-refractivity contribution >= 4 is 11.6 Å². The molecule has 110 valence electrons. The number of morpholine rings is 1. The van der Waals surface area contributed by atoms with E-state index in [2.05, 4.69) is 39.8 Å². The summed E-state index contributed by atoms with van der Waals surface area (Å²) >= 11 is 0. The van der Waals surface area contributed by atoms with Crippen molar-refractivity contribution in [3.63, 3.8) is 0 Å². The van der Waals surface area contributed by atoms with Crippen LogP contribution in [0, 0.1) is 0 Å². The first-order valence-corrected chi connectivity index (χ1v) is 7.12. The van der Waals surface area contributed by atoms with Crippen LogP contribution in [0.2, 0.25) is 0 Å². The highest BCUT2D eigenvalue weighted by molar-refractivity contribution is 5.85. The van der Waals surface area contributed by atoms with Crippen LogP contribution in [0.4, 0.5) is 5.69 Å². The van der Waals surface area contributed by atoms with Crippen LogP contribution in [0.5, 0.6) is 0 Å². The molecule has 20 heavy (non-hydrogen) atoms. The summed E-state index contributed by atoms with van der Waals surface area (Å²) in [6.45, 7) is 5.28. The highest BCUT2D eigenvalue weighted by Crippen LogP contribution is 2.20. The van der Waals surface area contributed by atoms with E-state index < -0.39 is 0 Å². The number of rotatable bonds is 5. The number of carbonyl (C=O) groups is 1. The van der Waals surface area contributed by atoms with Gasteiger partial charge >= 0.3 is 0 Å². The third kappa shape index (κ3) is 3.49. The van der Waals surface area contributed by atoms with E-state index in [0.29, 0.717) is 19.8 Å². The zero-order chi connectivity index (χ0) is 14.4. The fourth-order valence-corrected chi connectivity index (χ4v) is 2.43. The second kappa shape index (κ2) is 7.26. The molecule has 1 aromatic rings. The summed E-state index contributed by atoms with van der Waals surface area (Å²) in [6, 6.07) is 8.10. The van der Waals surface area contributed by atoms with Crippen molar-refractivity contribution in [3.8, 4) is 0 Å². The number of hydrogen-bond donors (Lipinski definition) is 2. The molecule has 0 spiro atoms. The van der Waals surface area contributed by atoms with Crippen LogP contribution in [-0.4, -0.2) is 45.3 Å². The van der Waals surface area contributed by atoms with Crippen molar-refractivity contribution in [2.45, 2.75) is 19.5 Å². The third-order valence-electron chi connectivity index (χ3n) is 3.43. The number of ether oxygens (including phenoxy) is 1. The molecule has 1 amide bonds. The predicted molar refractivity (Wildman–Crippen MR) is 79.8 cm³/mol. The number of nitrogens with zero attached hydrogens (tertiary/aromatic N) is 1. The Balaban J connectivity index is 2.12. The monoisotopic (exact) mass is 277 g/mol. The maximum Gasteiger partial charge on any atom is 0.245 e. The van der Waals surface area contributed by atoms with E-state index in [1.807, 2.05) is 14.0 Å². The van der Waals surface area contributed by atoms with E-state index in [9.17, 15) is 4.79 Å². The molecule has 0 aromatic heterocycles. The van der Waals surface area contributed by atoms with Crippen LogP contribution in [0.25, 0.3) is 0 Å². The lowest BCUT2D eigenvalue weighted by atomic mass is 10.1.